The first kappa shape index (κ1) is 8.22. The zero-order chi connectivity index (χ0) is 9.59. The largest absolute Gasteiger partial charge is 0.481 e. The molecule has 0 aromatic rings. The van der Waals surface area contributed by atoms with Crippen LogP contribution in [0.3, 0.4) is 0 Å². The lowest BCUT2D eigenvalue weighted by atomic mass is 10.3. The van der Waals surface area contributed by atoms with E-state index in [4.69, 9.17) is 5.11 Å². The van der Waals surface area contributed by atoms with Gasteiger partial charge in [0.25, 0.3) is 0 Å². The maximum atomic E-state index is 11.3. The summed E-state index contributed by atoms with van der Waals surface area (Å²) in [6.45, 7) is 0.0278. The van der Waals surface area contributed by atoms with Gasteiger partial charge in [-0.3, -0.25) is 19.3 Å². The zero-order valence-corrected chi connectivity index (χ0v) is 6.90. The molecule has 5 nitrogen and oxygen atoms in total. The molecule has 2 rings (SSSR count). The number of hydrogen-bond donors (Lipinski definition) is 1. The van der Waals surface area contributed by atoms with Crippen LogP contribution < -0.4 is 0 Å². The Morgan fingerprint density at radius 2 is 1.92 bits per heavy atom. The molecule has 70 valence electrons. The Morgan fingerprint density at radius 1 is 1.38 bits per heavy atom. The van der Waals surface area contributed by atoms with Crippen LogP contribution in [0.25, 0.3) is 0 Å². The molecule has 1 aliphatic carbocycles. The average molecular weight is 183 g/mol. The van der Waals surface area contributed by atoms with Gasteiger partial charge in [-0.2, -0.15) is 0 Å². The van der Waals surface area contributed by atoms with Crippen molar-refractivity contribution in [1.82, 2.24) is 4.90 Å². The molecule has 1 saturated carbocycles. The third-order valence-electron chi connectivity index (χ3n) is 2.51. The Kier molecular flexibility index (Phi) is 1.61. The van der Waals surface area contributed by atoms with Gasteiger partial charge < -0.3 is 5.11 Å². The normalized spacial score (nSPS) is 30.6. The van der Waals surface area contributed by atoms with E-state index in [1.165, 1.54) is 0 Å². The monoisotopic (exact) mass is 183 g/mol. The smallest absolute Gasteiger partial charge is 0.305 e. The Balaban J connectivity index is 1.96. The molecule has 13 heavy (non-hydrogen) atoms. The van der Waals surface area contributed by atoms with E-state index in [-0.39, 0.29) is 36.6 Å². The van der Waals surface area contributed by atoms with Crippen molar-refractivity contribution >= 4 is 17.8 Å². The topological polar surface area (TPSA) is 74.7 Å². The summed E-state index contributed by atoms with van der Waals surface area (Å²) in [6, 6.07) is 0. The second kappa shape index (κ2) is 2.55. The van der Waals surface area contributed by atoms with Crippen molar-refractivity contribution in [3.63, 3.8) is 0 Å². The minimum Gasteiger partial charge on any atom is -0.481 e. The van der Waals surface area contributed by atoms with Crippen LogP contribution in [0.2, 0.25) is 0 Å². The molecule has 0 radical (unpaired) electrons. The van der Waals surface area contributed by atoms with Gasteiger partial charge in [-0.25, -0.2) is 0 Å². The van der Waals surface area contributed by atoms with Crippen LogP contribution in [0.5, 0.6) is 0 Å². The number of piperidine rings is 1. The van der Waals surface area contributed by atoms with E-state index in [1.807, 2.05) is 0 Å². The summed E-state index contributed by atoms with van der Waals surface area (Å²) in [6.07, 6.45) is 0.512. The lowest BCUT2D eigenvalue weighted by molar-refractivity contribution is -0.143. The highest BCUT2D eigenvalue weighted by Gasteiger charge is 2.58. The fraction of sp³-hybridized carbons (Fsp3) is 0.625. The van der Waals surface area contributed by atoms with Crippen molar-refractivity contribution in [2.24, 2.45) is 11.8 Å². The molecule has 0 spiro atoms. The van der Waals surface area contributed by atoms with Gasteiger partial charge in [0, 0.05) is 6.54 Å². The van der Waals surface area contributed by atoms with E-state index < -0.39 is 5.97 Å². The van der Waals surface area contributed by atoms with E-state index in [0.29, 0.717) is 6.42 Å². The number of hydrogen-bond acceptors (Lipinski definition) is 3. The van der Waals surface area contributed by atoms with Crippen LogP contribution in [0.1, 0.15) is 12.8 Å². The molecule has 2 atom stereocenters. The molecule has 2 amide bonds. The molecule has 2 aliphatic rings. The van der Waals surface area contributed by atoms with Gasteiger partial charge in [0.2, 0.25) is 11.8 Å². The van der Waals surface area contributed by atoms with Gasteiger partial charge in [0.15, 0.2) is 0 Å². The number of fused-ring (bicyclic) bond motifs is 1. The minimum atomic E-state index is -0.985. The number of rotatable bonds is 3. The average Bonchev–Trinajstić information content (AvgIpc) is 2.77. The number of likely N-dealkylation sites (tertiary alicyclic amines) is 1. The SMILES string of the molecule is O=C(O)CCN1C(=O)C2CC2C1=O. The van der Waals surface area contributed by atoms with Crippen molar-refractivity contribution in [2.75, 3.05) is 6.54 Å². The number of aliphatic carboxylic acids is 1. The van der Waals surface area contributed by atoms with Gasteiger partial charge in [-0.1, -0.05) is 0 Å². The maximum absolute atomic E-state index is 11.3. The Bertz CT molecular complexity index is 279. The summed E-state index contributed by atoms with van der Waals surface area (Å²) in [5.41, 5.74) is 0. The highest BCUT2D eigenvalue weighted by Crippen LogP contribution is 2.46. The van der Waals surface area contributed by atoms with Crippen LogP contribution in [-0.4, -0.2) is 34.3 Å². The molecule has 0 bridgehead atoms. The van der Waals surface area contributed by atoms with Gasteiger partial charge in [-0.15, -0.1) is 0 Å². The molecule has 2 unspecified atom stereocenters. The summed E-state index contributed by atoms with van der Waals surface area (Å²) in [5, 5.41) is 8.37. The number of carboxylic acids is 1. The summed E-state index contributed by atoms with van der Waals surface area (Å²) >= 11 is 0. The van der Waals surface area contributed by atoms with Gasteiger partial charge in [0.1, 0.15) is 0 Å². The predicted molar refractivity (Wildman–Crippen MR) is 40.6 cm³/mol. The third-order valence-corrected chi connectivity index (χ3v) is 2.51. The quantitative estimate of drug-likeness (QED) is 0.596. The fourth-order valence-electron chi connectivity index (χ4n) is 1.68. The first-order valence-corrected chi connectivity index (χ1v) is 4.18. The molecule has 0 aromatic heterocycles. The molecule has 1 heterocycles. The fourth-order valence-corrected chi connectivity index (χ4v) is 1.68. The first-order chi connectivity index (χ1) is 6.11. The van der Waals surface area contributed by atoms with Crippen molar-refractivity contribution in [3.05, 3.63) is 0 Å². The number of carbonyl (C=O) groups is 3. The van der Waals surface area contributed by atoms with E-state index >= 15 is 0 Å². The predicted octanol–water partition coefficient (Wildman–Crippen LogP) is -0.534. The van der Waals surface area contributed by atoms with Gasteiger partial charge >= 0.3 is 5.97 Å². The molecule has 5 heteroatoms. The molecule has 0 aromatic carbocycles. The van der Waals surface area contributed by atoms with Crippen molar-refractivity contribution in [1.29, 1.82) is 0 Å². The molecule has 1 aliphatic heterocycles. The first-order valence-electron chi connectivity index (χ1n) is 4.18. The molecular weight excluding hydrogens is 174 g/mol. The second-order valence-corrected chi connectivity index (χ2v) is 3.42. The Morgan fingerprint density at radius 3 is 2.38 bits per heavy atom. The molecule has 1 N–H and O–H groups in total. The lowest BCUT2D eigenvalue weighted by Crippen LogP contribution is -2.34. The van der Waals surface area contributed by atoms with Gasteiger partial charge in [-0.05, 0) is 6.42 Å². The highest BCUT2D eigenvalue weighted by atomic mass is 16.4. The van der Waals surface area contributed by atoms with Crippen LogP contribution in [-0.2, 0) is 14.4 Å². The van der Waals surface area contributed by atoms with E-state index in [0.717, 1.165) is 4.90 Å². The van der Waals surface area contributed by atoms with E-state index in [9.17, 15) is 14.4 Å². The Labute approximate surface area is 74.3 Å². The van der Waals surface area contributed by atoms with Crippen LogP contribution in [0.4, 0.5) is 0 Å². The van der Waals surface area contributed by atoms with Crippen molar-refractivity contribution < 1.29 is 19.5 Å². The van der Waals surface area contributed by atoms with Crippen LogP contribution in [0.15, 0.2) is 0 Å². The minimum absolute atomic E-state index is 0.0278. The number of carboxylic acid groups (broad SMARTS) is 1. The molecule has 2 fully saturated rings. The standard InChI is InChI=1S/C8H9NO4/c10-6(11)1-2-9-7(12)4-3-5(4)8(9)13/h4-5H,1-3H2,(H,10,11). The lowest BCUT2D eigenvalue weighted by Gasteiger charge is -2.14. The van der Waals surface area contributed by atoms with Crippen molar-refractivity contribution in [3.8, 4) is 0 Å². The molecular formula is C8H9NO4. The summed E-state index contributed by atoms with van der Waals surface area (Å²) < 4.78 is 0. The number of imide groups is 1. The summed E-state index contributed by atoms with van der Waals surface area (Å²) in [5.74, 6) is -1.60. The maximum Gasteiger partial charge on any atom is 0.305 e. The van der Waals surface area contributed by atoms with E-state index in [2.05, 4.69) is 0 Å². The summed E-state index contributed by atoms with van der Waals surface area (Å²) in [4.78, 5) is 33.9. The molecule has 1 saturated heterocycles. The van der Waals surface area contributed by atoms with Crippen LogP contribution >= 0.6 is 0 Å². The zero-order valence-electron chi connectivity index (χ0n) is 6.90. The number of amides is 2. The Hall–Kier alpha value is -1.39. The van der Waals surface area contributed by atoms with Crippen LogP contribution in [0, 0.1) is 11.8 Å². The van der Waals surface area contributed by atoms with E-state index in [1.54, 1.807) is 0 Å². The number of carbonyl (C=O) groups excluding carboxylic acids is 2. The van der Waals surface area contributed by atoms with Gasteiger partial charge in [0.05, 0.1) is 18.3 Å². The summed E-state index contributed by atoms with van der Waals surface area (Å²) in [7, 11) is 0. The second-order valence-electron chi connectivity index (χ2n) is 3.42. The number of nitrogens with zero attached hydrogens (tertiary/aromatic N) is 1. The van der Waals surface area contributed by atoms with Crippen molar-refractivity contribution in [2.45, 2.75) is 12.8 Å². The third kappa shape index (κ3) is 1.20. The highest BCUT2D eigenvalue weighted by molar-refractivity contribution is 6.08.